The fraction of sp³-hybridized carbons (Fsp3) is 0.500. The van der Waals surface area contributed by atoms with E-state index in [9.17, 15) is 0 Å². The van der Waals surface area contributed by atoms with Crippen LogP contribution in [0.1, 0.15) is 19.7 Å². The van der Waals surface area contributed by atoms with E-state index >= 15 is 0 Å². The number of nitrogens with zero attached hydrogens (tertiary/aromatic N) is 6. The molecule has 0 radical (unpaired) electrons. The lowest BCUT2D eigenvalue weighted by Gasteiger charge is -2.18. The molecule has 0 aliphatic carbocycles. The van der Waals surface area contributed by atoms with Gasteiger partial charge >= 0.3 is 6.01 Å². The third kappa shape index (κ3) is 3.78. The highest BCUT2D eigenvalue weighted by atomic mass is 16.5. The lowest BCUT2D eigenvalue weighted by Crippen LogP contribution is -2.23. The summed E-state index contributed by atoms with van der Waals surface area (Å²) in [6, 6.07) is 0.231. The molecule has 9 nitrogen and oxygen atoms in total. The maximum absolute atomic E-state index is 5.50. The molecule has 0 atom stereocenters. The normalized spacial score (nSPS) is 10.8. The zero-order valence-corrected chi connectivity index (χ0v) is 12.6. The van der Waals surface area contributed by atoms with Crippen LogP contribution in [-0.4, -0.2) is 37.7 Å². The molecule has 0 saturated carbocycles. The van der Waals surface area contributed by atoms with Crippen LogP contribution in [0.2, 0.25) is 0 Å². The monoisotopic (exact) mass is 292 g/mol. The third-order valence-electron chi connectivity index (χ3n) is 2.71. The number of anilines is 2. The van der Waals surface area contributed by atoms with Gasteiger partial charge in [0.25, 0.3) is 0 Å². The summed E-state index contributed by atoms with van der Waals surface area (Å²) < 4.78 is 7.44. The van der Waals surface area contributed by atoms with Gasteiger partial charge in [0, 0.05) is 26.5 Å². The topological polar surface area (TPSA) is 107 Å². The fourth-order valence-corrected chi connectivity index (χ4v) is 1.68. The molecule has 2 aromatic heterocycles. The van der Waals surface area contributed by atoms with Gasteiger partial charge in [-0.05, 0) is 13.8 Å². The Hall–Kier alpha value is -2.42. The highest BCUT2D eigenvalue weighted by molar-refractivity contribution is 5.37. The Kier molecular flexibility index (Phi) is 4.53. The third-order valence-corrected chi connectivity index (χ3v) is 2.71. The van der Waals surface area contributed by atoms with Crippen LogP contribution in [0.15, 0.2) is 12.4 Å². The zero-order chi connectivity index (χ0) is 15.4. The minimum absolute atomic E-state index is 0.0364. The predicted octanol–water partition coefficient (Wildman–Crippen LogP) is 0.314. The number of hydrogen-bond acceptors (Lipinski definition) is 8. The summed E-state index contributed by atoms with van der Waals surface area (Å²) in [6.45, 7) is 4.35. The summed E-state index contributed by atoms with van der Waals surface area (Å²) in [4.78, 5) is 18.7. The van der Waals surface area contributed by atoms with Crippen molar-refractivity contribution >= 4 is 11.9 Å². The molecule has 2 aromatic rings. The highest BCUT2D eigenvalue weighted by Crippen LogP contribution is 2.16. The molecule has 3 N–H and O–H groups in total. The Balaban J connectivity index is 2.22. The summed E-state index contributed by atoms with van der Waals surface area (Å²) in [5.41, 5.74) is 2.42. The van der Waals surface area contributed by atoms with Gasteiger partial charge < -0.3 is 14.2 Å². The standard InChI is InChI=1S/C12H20N8O/c1-8(2)21-12-16-10(18-13)15-11(17-12)20(4)7-9-14-5-6-19(9)3/h5-6,8H,7,13H2,1-4H3,(H,15,16,17,18). The molecule has 0 amide bonds. The first kappa shape index (κ1) is 15.0. The fourth-order valence-electron chi connectivity index (χ4n) is 1.68. The minimum atomic E-state index is -0.0364. The molecule has 0 fully saturated rings. The number of hydrogen-bond donors (Lipinski definition) is 2. The number of ether oxygens (including phenoxy) is 1. The van der Waals surface area contributed by atoms with E-state index in [1.165, 1.54) is 0 Å². The average Bonchev–Trinajstić information content (AvgIpc) is 2.83. The lowest BCUT2D eigenvalue weighted by molar-refractivity contribution is 0.222. The van der Waals surface area contributed by atoms with Crippen LogP contribution in [0, 0.1) is 0 Å². The van der Waals surface area contributed by atoms with Gasteiger partial charge in [-0.3, -0.25) is 5.43 Å². The molecular weight excluding hydrogens is 272 g/mol. The molecule has 2 rings (SSSR count). The van der Waals surface area contributed by atoms with Gasteiger partial charge in [-0.2, -0.15) is 15.0 Å². The number of nitrogens with one attached hydrogen (secondary N) is 1. The molecule has 0 bridgehead atoms. The molecule has 0 aliphatic heterocycles. The van der Waals surface area contributed by atoms with Crippen LogP contribution >= 0.6 is 0 Å². The van der Waals surface area contributed by atoms with E-state index < -0.39 is 0 Å². The highest BCUT2D eigenvalue weighted by Gasteiger charge is 2.13. The summed E-state index contributed by atoms with van der Waals surface area (Å²) in [5.74, 6) is 6.99. The summed E-state index contributed by atoms with van der Waals surface area (Å²) in [6.07, 6.45) is 3.60. The van der Waals surface area contributed by atoms with Gasteiger partial charge in [-0.25, -0.2) is 10.8 Å². The second-order valence-electron chi connectivity index (χ2n) is 4.86. The summed E-state index contributed by atoms with van der Waals surface area (Å²) in [7, 11) is 3.80. The van der Waals surface area contributed by atoms with Crippen molar-refractivity contribution in [2.24, 2.45) is 12.9 Å². The van der Waals surface area contributed by atoms with Gasteiger partial charge in [-0.15, -0.1) is 0 Å². The number of hydrazine groups is 1. The number of nitrogens with two attached hydrogens (primary N) is 1. The first-order valence-corrected chi connectivity index (χ1v) is 6.56. The van der Waals surface area contributed by atoms with Gasteiger partial charge in [0.15, 0.2) is 0 Å². The van der Waals surface area contributed by atoms with Crippen LogP contribution in [0.3, 0.4) is 0 Å². The average molecular weight is 292 g/mol. The van der Waals surface area contributed by atoms with Gasteiger partial charge in [0.1, 0.15) is 5.82 Å². The Morgan fingerprint density at radius 1 is 1.38 bits per heavy atom. The molecular formula is C12H20N8O. The molecule has 0 aliphatic rings. The molecule has 9 heteroatoms. The van der Waals surface area contributed by atoms with E-state index in [0.717, 1.165) is 5.82 Å². The van der Waals surface area contributed by atoms with Crippen LogP contribution in [-0.2, 0) is 13.6 Å². The maximum Gasteiger partial charge on any atom is 0.323 e. The number of nitrogen functional groups attached to an aromatic ring is 1. The van der Waals surface area contributed by atoms with Gasteiger partial charge in [-0.1, -0.05) is 0 Å². The van der Waals surface area contributed by atoms with E-state index in [0.29, 0.717) is 12.5 Å². The van der Waals surface area contributed by atoms with Crippen molar-refractivity contribution < 1.29 is 4.74 Å². The number of aromatic nitrogens is 5. The largest absolute Gasteiger partial charge is 0.461 e. The van der Waals surface area contributed by atoms with Crippen LogP contribution in [0.25, 0.3) is 0 Å². The van der Waals surface area contributed by atoms with Crippen molar-refractivity contribution in [1.29, 1.82) is 0 Å². The molecule has 0 spiro atoms. The summed E-state index contributed by atoms with van der Waals surface area (Å²) >= 11 is 0. The first-order valence-electron chi connectivity index (χ1n) is 6.56. The lowest BCUT2D eigenvalue weighted by atomic mass is 10.5. The van der Waals surface area contributed by atoms with Crippen molar-refractivity contribution in [2.45, 2.75) is 26.5 Å². The van der Waals surface area contributed by atoms with E-state index in [4.69, 9.17) is 10.6 Å². The van der Waals surface area contributed by atoms with E-state index in [1.54, 1.807) is 6.20 Å². The van der Waals surface area contributed by atoms with Crippen LogP contribution in [0.4, 0.5) is 11.9 Å². The Bertz CT molecular complexity index is 597. The van der Waals surface area contributed by atoms with Crippen molar-refractivity contribution in [3.63, 3.8) is 0 Å². The minimum Gasteiger partial charge on any atom is -0.461 e. The quantitative estimate of drug-likeness (QED) is 0.579. The van der Waals surface area contributed by atoms with E-state index in [-0.39, 0.29) is 18.1 Å². The van der Waals surface area contributed by atoms with Crippen molar-refractivity contribution in [1.82, 2.24) is 24.5 Å². The second-order valence-corrected chi connectivity index (χ2v) is 4.86. The second kappa shape index (κ2) is 6.35. The van der Waals surface area contributed by atoms with Gasteiger partial charge in [0.05, 0.1) is 12.6 Å². The molecule has 0 saturated heterocycles. The van der Waals surface area contributed by atoms with E-state index in [1.807, 2.05) is 43.6 Å². The number of aryl methyl sites for hydroxylation is 1. The van der Waals surface area contributed by atoms with Crippen molar-refractivity contribution in [2.75, 3.05) is 17.4 Å². The maximum atomic E-state index is 5.50. The molecule has 21 heavy (non-hydrogen) atoms. The molecule has 0 aromatic carbocycles. The predicted molar refractivity (Wildman–Crippen MR) is 78.7 cm³/mol. The molecule has 114 valence electrons. The van der Waals surface area contributed by atoms with Crippen molar-refractivity contribution in [3.05, 3.63) is 18.2 Å². The summed E-state index contributed by atoms with van der Waals surface area (Å²) in [5, 5.41) is 0. The van der Waals surface area contributed by atoms with Crippen LogP contribution in [0.5, 0.6) is 6.01 Å². The number of rotatable bonds is 6. The Labute approximate surface area is 123 Å². The Morgan fingerprint density at radius 3 is 2.71 bits per heavy atom. The molecule has 0 unspecified atom stereocenters. The molecule has 2 heterocycles. The van der Waals surface area contributed by atoms with Gasteiger partial charge in [0.2, 0.25) is 11.9 Å². The zero-order valence-electron chi connectivity index (χ0n) is 12.6. The number of imidazole rings is 1. The first-order chi connectivity index (χ1) is 9.99. The van der Waals surface area contributed by atoms with E-state index in [2.05, 4.69) is 25.4 Å². The SMILES string of the molecule is CC(C)Oc1nc(NN)nc(N(C)Cc2nccn2C)n1. The Morgan fingerprint density at radius 2 is 2.14 bits per heavy atom. The van der Waals surface area contributed by atoms with Crippen LogP contribution < -0.4 is 20.9 Å². The smallest absolute Gasteiger partial charge is 0.323 e. The van der Waals surface area contributed by atoms with Crippen molar-refractivity contribution in [3.8, 4) is 6.01 Å².